The number of thioether (sulfide) groups is 1. The van der Waals surface area contributed by atoms with E-state index in [9.17, 15) is 18.3 Å². The van der Waals surface area contributed by atoms with Crippen LogP contribution in [-0.4, -0.2) is 31.3 Å². The molecule has 0 saturated carbocycles. The van der Waals surface area contributed by atoms with E-state index in [0.29, 0.717) is 23.4 Å². The number of sulfonamides is 1. The van der Waals surface area contributed by atoms with Crippen molar-refractivity contribution in [1.29, 1.82) is 0 Å². The van der Waals surface area contributed by atoms with Crippen molar-refractivity contribution in [1.82, 2.24) is 0 Å². The molecule has 1 aliphatic rings. The van der Waals surface area contributed by atoms with Crippen LogP contribution in [-0.2, 0) is 10.0 Å². The molecule has 8 heteroatoms. The standard InChI is InChI=1S/C30H26N2O4S2/c33-21-19-24-18-20-32(28-12-6-7-13-29(28)37-24)38(35,36)25-16-14-23(15-17-25)31-30(34)27-11-5-4-10-26(27)22-8-2-1-3-9-22/h1-18,20,24,33H,19,21H2,(H,31,34). The number of carbonyl (C=O) groups is 1. The summed E-state index contributed by atoms with van der Waals surface area (Å²) in [5.74, 6) is -0.281. The average molecular weight is 543 g/mol. The number of nitrogens with zero attached hydrogens (tertiary/aromatic N) is 1. The van der Waals surface area contributed by atoms with Gasteiger partial charge in [-0.25, -0.2) is 12.7 Å². The number of fused-ring (bicyclic) bond motifs is 1. The molecule has 4 aromatic rings. The molecule has 1 aliphatic heterocycles. The van der Waals surface area contributed by atoms with E-state index < -0.39 is 10.0 Å². The molecule has 1 amide bonds. The SMILES string of the molecule is O=C(Nc1ccc(S(=O)(=O)N2C=CC(CCO)Sc3ccccc32)cc1)c1ccccc1-c1ccccc1. The lowest BCUT2D eigenvalue weighted by Gasteiger charge is -2.21. The molecule has 1 unspecified atom stereocenters. The molecule has 0 fully saturated rings. The van der Waals surface area contributed by atoms with E-state index in [1.807, 2.05) is 60.7 Å². The summed E-state index contributed by atoms with van der Waals surface area (Å²) in [5, 5.41) is 12.2. The number of aliphatic hydroxyl groups excluding tert-OH is 1. The molecule has 1 atom stereocenters. The van der Waals surface area contributed by atoms with Gasteiger partial charge in [-0.3, -0.25) is 4.79 Å². The summed E-state index contributed by atoms with van der Waals surface area (Å²) in [6.07, 6.45) is 3.88. The van der Waals surface area contributed by atoms with Crippen LogP contribution in [0, 0.1) is 0 Å². The van der Waals surface area contributed by atoms with E-state index in [4.69, 9.17) is 0 Å². The fourth-order valence-electron chi connectivity index (χ4n) is 4.26. The highest BCUT2D eigenvalue weighted by Crippen LogP contribution is 2.39. The number of benzene rings is 4. The van der Waals surface area contributed by atoms with Crippen LogP contribution >= 0.6 is 11.8 Å². The van der Waals surface area contributed by atoms with Crippen molar-refractivity contribution in [3.05, 3.63) is 121 Å². The van der Waals surface area contributed by atoms with Crippen molar-refractivity contribution in [2.75, 3.05) is 16.2 Å². The van der Waals surface area contributed by atoms with Crippen LogP contribution in [0.5, 0.6) is 0 Å². The molecule has 1 heterocycles. The third-order valence-corrected chi connectivity index (χ3v) is 9.16. The first kappa shape index (κ1) is 25.8. The minimum atomic E-state index is -3.92. The monoisotopic (exact) mass is 542 g/mol. The number of hydrogen-bond acceptors (Lipinski definition) is 5. The second-order valence-electron chi connectivity index (χ2n) is 8.67. The van der Waals surface area contributed by atoms with Gasteiger partial charge in [0.15, 0.2) is 0 Å². The highest BCUT2D eigenvalue weighted by atomic mass is 32.2. The minimum Gasteiger partial charge on any atom is -0.396 e. The van der Waals surface area contributed by atoms with Crippen LogP contribution in [0.15, 0.2) is 125 Å². The van der Waals surface area contributed by atoms with Gasteiger partial charge in [0.1, 0.15) is 0 Å². The van der Waals surface area contributed by atoms with Gasteiger partial charge in [0, 0.05) is 34.2 Å². The molecule has 0 spiro atoms. The van der Waals surface area contributed by atoms with Crippen molar-refractivity contribution in [2.45, 2.75) is 21.5 Å². The maximum atomic E-state index is 13.7. The van der Waals surface area contributed by atoms with Gasteiger partial charge < -0.3 is 10.4 Å². The Labute approximate surface area is 226 Å². The van der Waals surface area contributed by atoms with Crippen molar-refractivity contribution >= 4 is 39.1 Å². The van der Waals surface area contributed by atoms with Gasteiger partial charge >= 0.3 is 0 Å². The van der Waals surface area contributed by atoms with Gasteiger partial charge in [-0.2, -0.15) is 0 Å². The number of carbonyl (C=O) groups excluding carboxylic acids is 1. The number of anilines is 2. The Balaban J connectivity index is 1.39. The number of para-hydroxylation sites is 1. The lowest BCUT2D eigenvalue weighted by molar-refractivity contribution is 0.102. The third kappa shape index (κ3) is 5.38. The van der Waals surface area contributed by atoms with Gasteiger partial charge in [-0.15, -0.1) is 11.8 Å². The number of amides is 1. The van der Waals surface area contributed by atoms with Crippen LogP contribution in [0.2, 0.25) is 0 Å². The van der Waals surface area contributed by atoms with E-state index in [1.165, 1.54) is 28.2 Å². The summed E-state index contributed by atoms with van der Waals surface area (Å²) >= 11 is 1.52. The molecule has 5 rings (SSSR count). The van der Waals surface area contributed by atoms with Crippen molar-refractivity contribution in [3.8, 4) is 11.1 Å². The fourth-order valence-corrected chi connectivity index (χ4v) is 6.82. The third-order valence-electron chi connectivity index (χ3n) is 6.16. The van der Waals surface area contributed by atoms with E-state index in [2.05, 4.69) is 5.32 Å². The Morgan fingerprint density at radius 2 is 1.55 bits per heavy atom. The highest BCUT2D eigenvalue weighted by Gasteiger charge is 2.28. The molecule has 4 aromatic carbocycles. The summed E-state index contributed by atoms with van der Waals surface area (Å²) < 4.78 is 28.6. The molecule has 0 bridgehead atoms. The Morgan fingerprint density at radius 3 is 2.32 bits per heavy atom. The fraction of sp³-hybridized carbons (Fsp3) is 0.100. The molecule has 0 radical (unpaired) electrons. The Morgan fingerprint density at radius 1 is 0.868 bits per heavy atom. The summed E-state index contributed by atoms with van der Waals surface area (Å²) in [7, 11) is -3.92. The van der Waals surface area contributed by atoms with Crippen molar-refractivity contribution in [3.63, 3.8) is 0 Å². The molecule has 38 heavy (non-hydrogen) atoms. The predicted molar refractivity (Wildman–Crippen MR) is 153 cm³/mol. The minimum absolute atomic E-state index is 0.0138. The molecular formula is C30H26N2O4S2. The summed E-state index contributed by atoms with van der Waals surface area (Å²) in [6.45, 7) is 0.0138. The van der Waals surface area contributed by atoms with Crippen LogP contribution in [0.4, 0.5) is 11.4 Å². The van der Waals surface area contributed by atoms with Gasteiger partial charge in [0.25, 0.3) is 15.9 Å². The normalized spacial score (nSPS) is 15.0. The van der Waals surface area contributed by atoms with E-state index >= 15 is 0 Å². The Bertz CT molecular complexity index is 1570. The molecule has 6 nitrogen and oxygen atoms in total. The number of aliphatic hydroxyl groups is 1. The van der Waals surface area contributed by atoms with E-state index in [-0.39, 0.29) is 22.7 Å². The predicted octanol–water partition coefficient (Wildman–Crippen LogP) is 6.17. The lowest BCUT2D eigenvalue weighted by Crippen LogP contribution is -2.25. The first-order valence-corrected chi connectivity index (χ1v) is 14.4. The average Bonchev–Trinajstić information content (AvgIpc) is 3.14. The Hall–Kier alpha value is -3.85. The number of rotatable bonds is 7. The first-order valence-electron chi connectivity index (χ1n) is 12.1. The highest BCUT2D eigenvalue weighted by molar-refractivity contribution is 8.00. The Kier molecular flexibility index (Phi) is 7.64. The summed E-state index contributed by atoms with van der Waals surface area (Å²) in [4.78, 5) is 14.1. The second kappa shape index (κ2) is 11.3. The quantitative estimate of drug-likeness (QED) is 0.292. The second-order valence-corrected chi connectivity index (χ2v) is 11.8. The molecular weight excluding hydrogens is 516 g/mol. The van der Waals surface area contributed by atoms with E-state index in [0.717, 1.165) is 16.0 Å². The maximum absolute atomic E-state index is 13.7. The molecule has 192 valence electrons. The summed E-state index contributed by atoms with van der Waals surface area (Å²) in [5.41, 5.74) is 3.32. The van der Waals surface area contributed by atoms with Crippen LogP contribution < -0.4 is 9.62 Å². The number of nitrogens with one attached hydrogen (secondary N) is 1. The van der Waals surface area contributed by atoms with Gasteiger partial charge in [-0.05, 0) is 60.0 Å². The molecule has 0 aliphatic carbocycles. The lowest BCUT2D eigenvalue weighted by atomic mass is 9.99. The summed E-state index contributed by atoms with van der Waals surface area (Å²) in [6, 6.07) is 30.5. The van der Waals surface area contributed by atoms with E-state index in [1.54, 1.807) is 42.6 Å². The van der Waals surface area contributed by atoms with Gasteiger partial charge in [0.2, 0.25) is 0 Å². The zero-order valence-corrected chi connectivity index (χ0v) is 22.0. The topological polar surface area (TPSA) is 86.7 Å². The zero-order chi connectivity index (χ0) is 26.5. The van der Waals surface area contributed by atoms with Gasteiger partial charge in [-0.1, -0.05) is 66.7 Å². The molecule has 2 N–H and O–H groups in total. The molecule has 0 saturated heterocycles. The van der Waals surface area contributed by atoms with Crippen molar-refractivity contribution < 1.29 is 18.3 Å². The van der Waals surface area contributed by atoms with Crippen LogP contribution in [0.3, 0.4) is 0 Å². The van der Waals surface area contributed by atoms with Gasteiger partial charge in [0.05, 0.1) is 10.6 Å². The zero-order valence-electron chi connectivity index (χ0n) is 20.4. The van der Waals surface area contributed by atoms with Crippen LogP contribution in [0.1, 0.15) is 16.8 Å². The smallest absolute Gasteiger partial charge is 0.268 e. The maximum Gasteiger partial charge on any atom is 0.268 e. The number of hydrogen-bond donors (Lipinski definition) is 2. The first-order chi connectivity index (χ1) is 18.5. The van der Waals surface area contributed by atoms with Crippen LogP contribution in [0.25, 0.3) is 11.1 Å². The molecule has 0 aromatic heterocycles. The van der Waals surface area contributed by atoms with Crippen molar-refractivity contribution in [2.24, 2.45) is 0 Å². The largest absolute Gasteiger partial charge is 0.396 e.